The summed E-state index contributed by atoms with van der Waals surface area (Å²) in [5, 5.41) is 6.37. The van der Waals surface area contributed by atoms with Gasteiger partial charge in [-0.1, -0.05) is 0 Å². The fourth-order valence-corrected chi connectivity index (χ4v) is 4.36. The van der Waals surface area contributed by atoms with Crippen molar-refractivity contribution in [2.24, 2.45) is 10.7 Å². The summed E-state index contributed by atoms with van der Waals surface area (Å²) in [5.74, 6) is 0.241. The number of amides is 1. The summed E-state index contributed by atoms with van der Waals surface area (Å²) >= 11 is 0. The van der Waals surface area contributed by atoms with E-state index in [2.05, 4.69) is 20.3 Å². The third-order valence-corrected chi connectivity index (χ3v) is 6.35. The highest BCUT2D eigenvalue weighted by atomic mass is 32.2. The van der Waals surface area contributed by atoms with Crippen LogP contribution in [0.3, 0.4) is 0 Å². The van der Waals surface area contributed by atoms with E-state index >= 15 is 0 Å². The van der Waals surface area contributed by atoms with Crippen molar-refractivity contribution in [1.82, 2.24) is 20.3 Å². The highest BCUT2D eigenvalue weighted by Crippen LogP contribution is 2.12. The van der Waals surface area contributed by atoms with Crippen molar-refractivity contribution in [3.8, 4) is 0 Å². The van der Waals surface area contributed by atoms with Crippen LogP contribution in [0.25, 0.3) is 0 Å². The maximum Gasteiger partial charge on any atom is 0.231 e. The second-order valence-corrected chi connectivity index (χ2v) is 9.24. The van der Waals surface area contributed by atoms with Gasteiger partial charge in [-0.2, -0.15) is 0 Å². The molecule has 2 aliphatic rings. The second kappa shape index (κ2) is 11.5. The molecule has 0 saturated carbocycles. The number of carbonyl (C=O) groups is 1. The fraction of sp³-hybridized carbons (Fsp3) is 0.882. The molecule has 2 aliphatic heterocycles. The first-order chi connectivity index (χ1) is 13.4. The number of ether oxygens (including phenoxy) is 1. The lowest BCUT2D eigenvalue weighted by atomic mass is 10.1. The van der Waals surface area contributed by atoms with Gasteiger partial charge >= 0.3 is 0 Å². The van der Waals surface area contributed by atoms with Crippen molar-refractivity contribution < 1.29 is 17.9 Å². The van der Waals surface area contributed by atoms with Crippen LogP contribution in [0.1, 0.15) is 32.1 Å². The van der Waals surface area contributed by atoms with Crippen LogP contribution in [0, 0.1) is 0 Å². The molecular weight excluding hydrogens is 384 g/mol. The molecular formula is C17H34N6O4S. The zero-order chi connectivity index (χ0) is 20.4. The van der Waals surface area contributed by atoms with E-state index in [0.29, 0.717) is 19.1 Å². The Bertz CT molecular complexity index is 613. The highest BCUT2D eigenvalue weighted by Gasteiger charge is 2.21. The number of nitrogens with one attached hydrogen (secondary N) is 3. The number of rotatable bonds is 9. The van der Waals surface area contributed by atoms with Gasteiger partial charge in [-0.3, -0.25) is 14.7 Å². The van der Waals surface area contributed by atoms with E-state index in [1.807, 2.05) is 4.90 Å². The van der Waals surface area contributed by atoms with Crippen molar-refractivity contribution in [1.29, 1.82) is 0 Å². The van der Waals surface area contributed by atoms with Gasteiger partial charge in [0.25, 0.3) is 0 Å². The van der Waals surface area contributed by atoms with Crippen LogP contribution in [0.5, 0.6) is 0 Å². The minimum Gasteiger partial charge on any atom is -0.377 e. The first-order valence-electron chi connectivity index (χ1n) is 9.95. The summed E-state index contributed by atoms with van der Waals surface area (Å²) in [6.45, 7) is 3.17. The molecule has 0 bridgehead atoms. The van der Waals surface area contributed by atoms with Gasteiger partial charge in [0, 0.05) is 45.9 Å². The molecule has 1 unspecified atom stereocenters. The fourth-order valence-electron chi connectivity index (χ4n) is 3.41. The Morgan fingerprint density at radius 3 is 2.61 bits per heavy atom. The van der Waals surface area contributed by atoms with E-state index in [1.54, 1.807) is 7.05 Å². The van der Waals surface area contributed by atoms with Gasteiger partial charge < -0.3 is 21.1 Å². The molecule has 2 rings (SSSR count). The van der Waals surface area contributed by atoms with Crippen LogP contribution in [-0.4, -0.2) is 89.5 Å². The molecule has 5 N–H and O–H groups in total. The number of primary amides is 1. The molecule has 2 heterocycles. The quantitative estimate of drug-likeness (QED) is 0.267. The molecule has 162 valence electrons. The van der Waals surface area contributed by atoms with Crippen LogP contribution in [-0.2, 0) is 19.6 Å². The van der Waals surface area contributed by atoms with E-state index in [1.165, 1.54) is 0 Å². The monoisotopic (exact) mass is 418 g/mol. The summed E-state index contributed by atoms with van der Waals surface area (Å²) < 4.78 is 32.5. The largest absolute Gasteiger partial charge is 0.377 e. The zero-order valence-corrected chi connectivity index (χ0v) is 17.5. The van der Waals surface area contributed by atoms with Crippen molar-refractivity contribution >= 4 is 21.9 Å². The maximum absolute atomic E-state index is 12.1. The van der Waals surface area contributed by atoms with Gasteiger partial charge in [-0.15, -0.1) is 0 Å². The maximum atomic E-state index is 12.1. The number of hydrogen-bond donors (Lipinski definition) is 4. The number of likely N-dealkylation sites (tertiary alicyclic amines) is 1. The summed E-state index contributed by atoms with van der Waals surface area (Å²) in [5.41, 5.74) is 5.23. The molecule has 0 aliphatic carbocycles. The van der Waals surface area contributed by atoms with Crippen LogP contribution in [0.2, 0.25) is 0 Å². The predicted molar refractivity (Wildman–Crippen MR) is 109 cm³/mol. The number of nitrogens with zero attached hydrogens (tertiary/aromatic N) is 2. The first-order valence-corrected chi connectivity index (χ1v) is 11.6. The summed E-state index contributed by atoms with van der Waals surface area (Å²) in [6, 6.07) is 0.230. The third-order valence-electron chi connectivity index (χ3n) is 5.00. The Balaban J connectivity index is 1.64. The number of carbonyl (C=O) groups excluding carboxylic acids is 1. The van der Waals surface area contributed by atoms with E-state index in [9.17, 15) is 13.2 Å². The van der Waals surface area contributed by atoms with Crippen LogP contribution < -0.4 is 21.1 Å². The Morgan fingerprint density at radius 2 is 2.00 bits per heavy atom. The smallest absolute Gasteiger partial charge is 0.231 e. The Labute approximate surface area is 167 Å². The van der Waals surface area contributed by atoms with Crippen molar-refractivity contribution in [2.45, 2.75) is 44.2 Å². The topological polar surface area (TPSA) is 138 Å². The average Bonchev–Trinajstić information content (AvgIpc) is 2.67. The van der Waals surface area contributed by atoms with Gasteiger partial charge in [0.05, 0.1) is 18.4 Å². The van der Waals surface area contributed by atoms with Crippen LogP contribution in [0.15, 0.2) is 4.99 Å². The van der Waals surface area contributed by atoms with Crippen molar-refractivity contribution in [2.75, 3.05) is 52.1 Å². The molecule has 10 nitrogen and oxygen atoms in total. The molecule has 0 radical (unpaired) electrons. The molecule has 2 saturated heterocycles. The van der Waals surface area contributed by atoms with E-state index in [-0.39, 0.29) is 36.9 Å². The zero-order valence-electron chi connectivity index (χ0n) is 16.7. The van der Waals surface area contributed by atoms with Gasteiger partial charge in [0.2, 0.25) is 15.9 Å². The number of hydrogen-bond acceptors (Lipinski definition) is 6. The number of nitrogens with two attached hydrogens (primary N) is 1. The lowest BCUT2D eigenvalue weighted by molar-refractivity contribution is -0.119. The molecule has 28 heavy (non-hydrogen) atoms. The van der Waals surface area contributed by atoms with Gasteiger partial charge in [0.15, 0.2) is 5.96 Å². The third kappa shape index (κ3) is 8.72. The molecule has 11 heteroatoms. The Kier molecular flexibility index (Phi) is 9.42. The SMILES string of the molecule is CN=C(NCCS(=O)(=O)NCC1CCCCO1)NC1CCN(CC(N)=O)CC1. The van der Waals surface area contributed by atoms with Gasteiger partial charge in [0.1, 0.15) is 0 Å². The normalized spacial score (nSPS) is 22.8. The lowest BCUT2D eigenvalue weighted by Crippen LogP contribution is -2.50. The summed E-state index contributed by atoms with van der Waals surface area (Å²) in [4.78, 5) is 17.2. The molecule has 1 atom stereocenters. The Hall–Kier alpha value is -1.43. The van der Waals surface area contributed by atoms with E-state index in [0.717, 1.165) is 45.2 Å². The molecule has 1 amide bonds. The van der Waals surface area contributed by atoms with Gasteiger partial charge in [-0.25, -0.2) is 13.1 Å². The van der Waals surface area contributed by atoms with E-state index < -0.39 is 10.0 Å². The van der Waals surface area contributed by atoms with E-state index in [4.69, 9.17) is 10.5 Å². The number of guanidine groups is 1. The molecule has 0 aromatic carbocycles. The lowest BCUT2D eigenvalue weighted by Gasteiger charge is -2.32. The summed E-state index contributed by atoms with van der Waals surface area (Å²) in [7, 11) is -1.71. The van der Waals surface area contributed by atoms with Crippen molar-refractivity contribution in [3.05, 3.63) is 0 Å². The van der Waals surface area contributed by atoms with Crippen molar-refractivity contribution in [3.63, 3.8) is 0 Å². The van der Waals surface area contributed by atoms with Crippen LogP contribution >= 0.6 is 0 Å². The Morgan fingerprint density at radius 1 is 1.25 bits per heavy atom. The average molecular weight is 419 g/mol. The minimum absolute atomic E-state index is 0.0219. The first kappa shape index (κ1) is 22.9. The van der Waals surface area contributed by atoms with Crippen LogP contribution in [0.4, 0.5) is 0 Å². The molecule has 0 aromatic heterocycles. The summed E-state index contributed by atoms with van der Waals surface area (Å²) in [6.07, 6.45) is 4.74. The van der Waals surface area contributed by atoms with Gasteiger partial charge in [-0.05, 0) is 32.1 Å². The molecule has 0 aromatic rings. The highest BCUT2D eigenvalue weighted by molar-refractivity contribution is 7.89. The number of aliphatic imine (C=N–C) groups is 1. The number of sulfonamides is 1. The number of piperidine rings is 1. The standard InChI is InChI=1S/C17H34N6O4S/c1-19-17(22-14-5-8-23(9-6-14)13-16(18)24)20-7-11-28(25,26)21-12-15-4-2-3-10-27-15/h14-15,21H,2-13H2,1H3,(H2,18,24)(H2,19,20,22). The second-order valence-electron chi connectivity index (χ2n) is 7.32. The molecule has 0 spiro atoms. The minimum atomic E-state index is -3.36. The molecule has 2 fully saturated rings. The predicted octanol–water partition coefficient (Wildman–Crippen LogP) is -1.41.